The summed E-state index contributed by atoms with van der Waals surface area (Å²) < 4.78 is 5.36. The van der Waals surface area contributed by atoms with Crippen LogP contribution in [0.3, 0.4) is 0 Å². The Morgan fingerprint density at radius 3 is 3.05 bits per heavy atom. The topological polar surface area (TPSA) is 37.5 Å². The van der Waals surface area contributed by atoms with Gasteiger partial charge in [0, 0.05) is 17.7 Å². The van der Waals surface area contributed by atoms with Crippen LogP contribution in [-0.4, -0.2) is 22.5 Å². The monoisotopic (exact) mass is 278 g/mol. The molecule has 2 fully saturated rings. The van der Waals surface area contributed by atoms with Crippen molar-refractivity contribution in [3.63, 3.8) is 0 Å². The number of thioether (sulfide) groups is 1. The maximum atomic E-state index is 5.36. The van der Waals surface area contributed by atoms with Gasteiger partial charge in [-0.05, 0) is 38.3 Å². The fourth-order valence-electron chi connectivity index (χ4n) is 2.97. The third kappa shape index (κ3) is 3.16. The molecule has 0 amide bonds. The second kappa shape index (κ2) is 5.61. The number of rotatable bonds is 4. The molecular formula is C15H22N2OS. The molecule has 0 radical (unpaired) electrons. The highest BCUT2D eigenvalue weighted by Crippen LogP contribution is 2.37. The zero-order valence-corrected chi connectivity index (χ0v) is 12.3. The number of amidine groups is 1. The molecule has 1 unspecified atom stereocenters. The summed E-state index contributed by atoms with van der Waals surface area (Å²) in [7, 11) is 0. The van der Waals surface area contributed by atoms with Crippen molar-refractivity contribution < 1.29 is 4.42 Å². The van der Waals surface area contributed by atoms with Gasteiger partial charge in [0.25, 0.3) is 0 Å². The smallest absolute Gasteiger partial charge is 0.157 e. The Kier molecular flexibility index (Phi) is 3.87. The Balaban J connectivity index is 1.51. The molecule has 3 rings (SSSR count). The van der Waals surface area contributed by atoms with Crippen molar-refractivity contribution in [2.24, 2.45) is 4.99 Å². The lowest BCUT2D eigenvalue weighted by Crippen LogP contribution is -2.40. The molecule has 1 aliphatic heterocycles. The van der Waals surface area contributed by atoms with Crippen LogP contribution in [0.2, 0.25) is 0 Å². The quantitative estimate of drug-likeness (QED) is 0.914. The van der Waals surface area contributed by atoms with Crippen LogP contribution in [0, 0.1) is 0 Å². The molecule has 19 heavy (non-hydrogen) atoms. The van der Waals surface area contributed by atoms with Crippen LogP contribution in [0.4, 0.5) is 0 Å². The van der Waals surface area contributed by atoms with Crippen LogP contribution in [0.5, 0.6) is 0 Å². The highest BCUT2D eigenvalue weighted by Gasteiger charge is 2.39. The van der Waals surface area contributed by atoms with E-state index in [2.05, 4.69) is 12.2 Å². The van der Waals surface area contributed by atoms with Crippen LogP contribution in [0.1, 0.15) is 44.8 Å². The van der Waals surface area contributed by atoms with Crippen LogP contribution in [-0.2, 0) is 6.42 Å². The largest absolute Gasteiger partial charge is 0.469 e. The highest BCUT2D eigenvalue weighted by atomic mass is 32.2. The van der Waals surface area contributed by atoms with Gasteiger partial charge in [-0.3, -0.25) is 4.99 Å². The van der Waals surface area contributed by atoms with Gasteiger partial charge in [0.2, 0.25) is 0 Å². The van der Waals surface area contributed by atoms with Gasteiger partial charge >= 0.3 is 0 Å². The maximum absolute atomic E-state index is 5.36. The molecule has 1 saturated heterocycles. The Hall–Kier alpha value is -0.900. The van der Waals surface area contributed by atoms with Gasteiger partial charge in [0.1, 0.15) is 5.76 Å². The van der Waals surface area contributed by atoms with E-state index in [0.29, 0.717) is 11.6 Å². The van der Waals surface area contributed by atoms with Gasteiger partial charge in [-0.15, -0.1) is 0 Å². The van der Waals surface area contributed by atoms with Crippen molar-refractivity contribution >= 4 is 16.9 Å². The third-order valence-electron chi connectivity index (χ3n) is 4.14. The minimum absolute atomic E-state index is 0.358. The van der Waals surface area contributed by atoms with Gasteiger partial charge in [-0.2, -0.15) is 0 Å². The SMILES string of the molecule is CC(CCc1ccco1)N=C1NC2(CCCC2)CS1. The van der Waals surface area contributed by atoms with Crippen LogP contribution in [0.25, 0.3) is 0 Å². The molecule has 1 saturated carbocycles. The summed E-state index contributed by atoms with van der Waals surface area (Å²) in [4.78, 5) is 4.82. The Morgan fingerprint density at radius 2 is 2.32 bits per heavy atom. The number of nitrogens with one attached hydrogen (secondary N) is 1. The van der Waals surface area contributed by atoms with Crippen molar-refractivity contribution in [2.75, 3.05) is 5.75 Å². The fourth-order valence-corrected chi connectivity index (χ4v) is 4.28. The van der Waals surface area contributed by atoms with Crippen LogP contribution in [0.15, 0.2) is 27.8 Å². The number of furan rings is 1. The van der Waals surface area contributed by atoms with Gasteiger partial charge in [0.15, 0.2) is 5.17 Å². The van der Waals surface area contributed by atoms with Gasteiger partial charge < -0.3 is 9.73 Å². The number of aryl methyl sites for hydroxylation is 1. The molecule has 2 heterocycles. The minimum Gasteiger partial charge on any atom is -0.469 e. The van der Waals surface area contributed by atoms with Crippen molar-refractivity contribution in [1.82, 2.24) is 5.32 Å². The lowest BCUT2D eigenvalue weighted by atomic mass is 10.0. The molecule has 104 valence electrons. The maximum Gasteiger partial charge on any atom is 0.157 e. The standard InChI is InChI=1S/C15H22N2OS/c1-12(6-7-13-5-4-10-18-13)16-14-17-15(11-19-14)8-2-3-9-15/h4-5,10,12H,2-3,6-9,11H2,1H3,(H,16,17). The molecule has 0 bridgehead atoms. The summed E-state index contributed by atoms with van der Waals surface area (Å²) in [5, 5.41) is 4.84. The van der Waals surface area contributed by atoms with Crippen LogP contribution < -0.4 is 5.32 Å². The summed E-state index contributed by atoms with van der Waals surface area (Å²) in [5.74, 6) is 2.27. The van der Waals surface area contributed by atoms with Gasteiger partial charge in [-0.25, -0.2) is 0 Å². The molecule has 1 aromatic heterocycles. The lowest BCUT2D eigenvalue weighted by molar-refractivity contribution is 0.451. The second-order valence-corrected chi connectivity index (χ2v) is 6.77. The summed E-state index contributed by atoms with van der Waals surface area (Å²) in [6, 6.07) is 4.34. The predicted octanol–water partition coefficient (Wildman–Crippen LogP) is 3.61. The summed E-state index contributed by atoms with van der Waals surface area (Å²) in [5.41, 5.74) is 0.379. The molecule has 1 atom stereocenters. The van der Waals surface area contributed by atoms with Crippen molar-refractivity contribution in [1.29, 1.82) is 0 Å². The number of nitrogens with zero attached hydrogens (tertiary/aromatic N) is 1. The summed E-state index contributed by atoms with van der Waals surface area (Å²) in [6.07, 6.45) is 9.14. The Bertz CT molecular complexity index is 435. The fraction of sp³-hybridized carbons (Fsp3) is 0.667. The van der Waals surface area contributed by atoms with E-state index in [1.165, 1.54) is 31.4 Å². The first kappa shape index (κ1) is 13.1. The number of hydrogen-bond donors (Lipinski definition) is 1. The van der Waals surface area contributed by atoms with E-state index >= 15 is 0 Å². The average Bonchev–Trinajstić information content (AvgIpc) is 3.12. The van der Waals surface area contributed by atoms with E-state index in [9.17, 15) is 0 Å². The first-order valence-corrected chi connectivity index (χ1v) is 8.26. The summed E-state index contributed by atoms with van der Waals surface area (Å²) >= 11 is 1.91. The van der Waals surface area contributed by atoms with Crippen molar-refractivity contribution in [3.05, 3.63) is 24.2 Å². The normalized spacial score (nSPS) is 25.0. The minimum atomic E-state index is 0.358. The van der Waals surface area contributed by atoms with E-state index in [1.54, 1.807) is 6.26 Å². The third-order valence-corrected chi connectivity index (χ3v) is 5.32. The lowest BCUT2D eigenvalue weighted by Gasteiger charge is -2.22. The molecule has 4 heteroatoms. The molecule has 0 aromatic carbocycles. The zero-order valence-electron chi connectivity index (χ0n) is 11.5. The molecule has 1 aliphatic carbocycles. The molecular weight excluding hydrogens is 256 g/mol. The van der Waals surface area contributed by atoms with Crippen molar-refractivity contribution in [3.8, 4) is 0 Å². The van der Waals surface area contributed by atoms with E-state index < -0.39 is 0 Å². The van der Waals surface area contributed by atoms with E-state index in [-0.39, 0.29) is 0 Å². The predicted molar refractivity (Wildman–Crippen MR) is 80.7 cm³/mol. The molecule has 1 aromatic rings. The number of aliphatic imine (C=N–C) groups is 1. The molecule has 3 nitrogen and oxygen atoms in total. The van der Waals surface area contributed by atoms with E-state index in [4.69, 9.17) is 9.41 Å². The highest BCUT2D eigenvalue weighted by molar-refractivity contribution is 8.14. The summed E-state index contributed by atoms with van der Waals surface area (Å²) in [6.45, 7) is 2.19. The van der Waals surface area contributed by atoms with Gasteiger partial charge in [0.05, 0.1) is 12.3 Å². The Morgan fingerprint density at radius 1 is 1.47 bits per heavy atom. The van der Waals surface area contributed by atoms with E-state index in [0.717, 1.165) is 23.8 Å². The van der Waals surface area contributed by atoms with Crippen LogP contribution >= 0.6 is 11.8 Å². The molecule has 1 N–H and O–H groups in total. The first-order valence-electron chi connectivity index (χ1n) is 7.27. The molecule has 2 aliphatic rings. The van der Waals surface area contributed by atoms with Crippen molar-refractivity contribution in [2.45, 2.75) is 57.0 Å². The number of hydrogen-bond acceptors (Lipinski definition) is 3. The Labute approximate surface area is 119 Å². The van der Waals surface area contributed by atoms with Gasteiger partial charge in [-0.1, -0.05) is 24.6 Å². The zero-order chi connectivity index (χ0) is 13.1. The first-order chi connectivity index (χ1) is 9.26. The molecule has 1 spiro atoms. The second-order valence-electron chi connectivity index (χ2n) is 5.80. The van der Waals surface area contributed by atoms with E-state index in [1.807, 2.05) is 23.9 Å². The average molecular weight is 278 g/mol.